The predicted molar refractivity (Wildman–Crippen MR) is 102 cm³/mol. The van der Waals surface area contributed by atoms with Gasteiger partial charge >= 0.3 is 0 Å². The third kappa shape index (κ3) is 3.70. The maximum Gasteiger partial charge on any atom is 0.119 e. The molecule has 0 fully saturated rings. The van der Waals surface area contributed by atoms with Gasteiger partial charge in [0.05, 0.1) is 36.7 Å². The third-order valence-corrected chi connectivity index (χ3v) is 4.55. The Balaban J connectivity index is 1.99. The molecule has 5 heteroatoms. The highest BCUT2D eigenvalue weighted by Gasteiger charge is 2.20. The number of hydrogen-bond acceptors (Lipinski definition) is 4. The van der Waals surface area contributed by atoms with Gasteiger partial charge in [0.1, 0.15) is 5.75 Å². The molecule has 2 aromatic carbocycles. The molecule has 0 bridgehead atoms. The van der Waals surface area contributed by atoms with Crippen LogP contribution in [0.15, 0.2) is 60.9 Å². The number of nitriles is 1. The van der Waals surface area contributed by atoms with Crippen LogP contribution in [0.25, 0.3) is 0 Å². The van der Waals surface area contributed by atoms with Gasteiger partial charge in [-0.15, -0.1) is 0 Å². The summed E-state index contributed by atoms with van der Waals surface area (Å²) in [6.07, 6.45) is 3.84. The molecule has 26 heavy (non-hydrogen) atoms. The molecule has 0 spiro atoms. The molecule has 0 N–H and O–H groups in total. The Morgan fingerprint density at radius 2 is 2.04 bits per heavy atom. The van der Waals surface area contributed by atoms with Crippen molar-refractivity contribution in [3.8, 4) is 11.8 Å². The van der Waals surface area contributed by atoms with Gasteiger partial charge in [-0.25, -0.2) is 0 Å². The summed E-state index contributed by atoms with van der Waals surface area (Å²) in [4.78, 5) is 2.25. The fourth-order valence-corrected chi connectivity index (χ4v) is 3.04. The molecule has 3 rings (SSSR count). The van der Waals surface area contributed by atoms with Gasteiger partial charge in [0.25, 0.3) is 0 Å². The van der Waals surface area contributed by atoms with E-state index >= 15 is 0 Å². The zero-order valence-corrected chi connectivity index (χ0v) is 15.3. The van der Waals surface area contributed by atoms with Crippen molar-refractivity contribution >= 4 is 5.69 Å². The molecule has 5 nitrogen and oxygen atoms in total. The molecular weight excluding hydrogens is 324 g/mol. The van der Waals surface area contributed by atoms with E-state index in [2.05, 4.69) is 29.1 Å². The molecule has 0 saturated carbocycles. The van der Waals surface area contributed by atoms with Crippen molar-refractivity contribution in [1.29, 1.82) is 5.26 Å². The molecule has 0 unspecified atom stereocenters. The maximum absolute atomic E-state index is 9.43. The molecule has 0 radical (unpaired) electrons. The molecule has 0 aliphatic heterocycles. The van der Waals surface area contributed by atoms with Crippen LogP contribution in [0, 0.1) is 11.3 Å². The average molecular weight is 346 g/mol. The minimum Gasteiger partial charge on any atom is -0.497 e. The summed E-state index contributed by atoms with van der Waals surface area (Å²) in [7, 11) is 3.58. The number of anilines is 1. The lowest BCUT2D eigenvalue weighted by molar-refractivity contribution is 0.413. The fraction of sp³-hybridized carbons (Fsp3) is 0.238. The van der Waals surface area contributed by atoms with Gasteiger partial charge < -0.3 is 9.64 Å². The van der Waals surface area contributed by atoms with E-state index in [9.17, 15) is 5.26 Å². The van der Waals surface area contributed by atoms with E-state index < -0.39 is 0 Å². The Bertz CT molecular complexity index is 926. The van der Waals surface area contributed by atoms with Crippen molar-refractivity contribution in [1.82, 2.24) is 9.78 Å². The Morgan fingerprint density at radius 1 is 1.23 bits per heavy atom. The highest BCUT2D eigenvalue weighted by Crippen LogP contribution is 2.30. The first-order chi connectivity index (χ1) is 12.6. The molecule has 0 aliphatic carbocycles. The molecule has 0 aliphatic rings. The second-order valence-corrected chi connectivity index (χ2v) is 6.22. The Hall–Kier alpha value is -3.26. The van der Waals surface area contributed by atoms with Crippen LogP contribution in [-0.2, 0) is 13.6 Å². The number of hydrogen-bond donors (Lipinski definition) is 0. The summed E-state index contributed by atoms with van der Waals surface area (Å²) in [5.74, 6) is 0.831. The third-order valence-electron chi connectivity index (χ3n) is 4.55. The van der Waals surface area contributed by atoms with Crippen LogP contribution in [0.1, 0.15) is 29.7 Å². The van der Waals surface area contributed by atoms with E-state index in [1.165, 1.54) is 0 Å². The predicted octanol–water partition coefficient (Wildman–Crippen LogP) is 4.07. The largest absolute Gasteiger partial charge is 0.497 e. The fourth-order valence-electron chi connectivity index (χ4n) is 3.04. The molecule has 0 saturated heterocycles. The van der Waals surface area contributed by atoms with Crippen molar-refractivity contribution in [2.45, 2.75) is 19.5 Å². The minimum absolute atomic E-state index is 0.0843. The van der Waals surface area contributed by atoms with Gasteiger partial charge in [-0.05, 0) is 36.2 Å². The van der Waals surface area contributed by atoms with Crippen LogP contribution in [0.5, 0.6) is 5.75 Å². The quantitative estimate of drug-likeness (QED) is 0.675. The number of nitrogens with zero attached hydrogens (tertiary/aromatic N) is 4. The van der Waals surface area contributed by atoms with Gasteiger partial charge in [-0.1, -0.05) is 30.3 Å². The lowest BCUT2D eigenvalue weighted by atomic mass is 10.0. The molecule has 0 amide bonds. The van der Waals surface area contributed by atoms with Gasteiger partial charge in [0.15, 0.2) is 0 Å². The van der Waals surface area contributed by atoms with E-state index in [1.807, 2.05) is 61.9 Å². The first kappa shape index (κ1) is 17.6. The van der Waals surface area contributed by atoms with Gasteiger partial charge in [-0.2, -0.15) is 10.4 Å². The monoisotopic (exact) mass is 346 g/mol. The van der Waals surface area contributed by atoms with E-state index in [0.717, 1.165) is 22.6 Å². The summed E-state index contributed by atoms with van der Waals surface area (Å²) in [5.41, 5.74) is 3.84. The number of aryl methyl sites for hydroxylation is 1. The number of methoxy groups -OCH3 is 1. The Kier molecular flexibility index (Phi) is 5.23. The average Bonchev–Trinajstić information content (AvgIpc) is 3.11. The maximum atomic E-state index is 9.43. The smallest absolute Gasteiger partial charge is 0.119 e. The van der Waals surface area contributed by atoms with Crippen molar-refractivity contribution in [2.24, 2.45) is 7.05 Å². The lowest BCUT2D eigenvalue weighted by Crippen LogP contribution is -2.26. The van der Waals surface area contributed by atoms with Crippen molar-refractivity contribution in [3.63, 3.8) is 0 Å². The summed E-state index contributed by atoms with van der Waals surface area (Å²) in [6, 6.07) is 18.2. The normalized spacial score (nSPS) is 11.6. The van der Waals surface area contributed by atoms with E-state index in [1.54, 1.807) is 11.8 Å². The van der Waals surface area contributed by atoms with Crippen molar-refractivity contribution in [2.75, 3.05) is 12.0 Å². The molecule has 132 valence electrons. The molecule has 1 aromatic heterocycles. The van der Waals surface area contributed by atoms with Crippen LogP contribution in [-0.4, -0.2) is 16.9 Å². The first-order valence-electron chi connectivity index (χ1n) is 8.49. The SMILES string of the molecule is COc1cccc([C@H](C)N(Cc2ccccc2C#N)c2cnn(C)c2)c1. The highest BCUT2D eigenvalue weighted by molar-refractivity contribution is 5.49. The molecule has 1 atom stereocenters. The van der Waals surface area contributed by atoms with Crippen LogP contribution >= 0.6 is 0 Å². The van der Waals surface area contributed by atoms with E-state index in [-0.39, 0.29) is 6.04 Å². The molecular formula is C21H22N4O. The lowest BCUT2D eigenvalue weighted by Gasteiger charge is -2.31. The summed E-state index contributed by atoms with van der Waals surface area (Å²) >= 11 is 0. The zero-order valence-electron chi connectivity index (χ0n) is 15.3. The second-order valence-electron chi connectivity index (χ2n) is 6.22. The summed E-state index contributed by atoms with van der Waals surface area (Å²) < 4.78 is 7.16. The van der Waals surface area contributed by atoms with Crippen LogP contribution in [0.2, 0.25) is 0 Å². The van der Waals surface area contributed by atoms with E-state index in [4.69, 9.17) is 4.74 Å². The van der Waals surface area contributed by atoms with Gasteiger partial charge in [0.2, 0.25) is 0 Å². The van der Waals surface area contributed by atoms with Crippen molar-refractivity contribution < 1.29 is 4.74 Å². The Labute approximate surface area is 154 Å². The van der Waals surface area contributed by atoms with E-state index in [0.29, 0.717) is 12.1 Å². The molecule has 1 heterocycles. The number of aromatic nitrogens is 2. The number of rotatable bonds is 6. The van der Waals surface area contributed by atoms with Gasteiger partial charge in [0, 0.05) is 19.8 Å². The highest BCUT2D eigenvalue weighted by atomic mass is 16.5. The van der Waals surface area contributed by atoms with Gasteiger partial charge in [-0.3, -0.25) is 4.68 Å². The summed E-state index contributed by atoms with van der Waals surface area (Å²) in [5, 5.41) is 13.7. The van der Waals surface area contributed by atoms with Crippen molar-refractivity contribution in [3.05, 3.63) is 77.6 Å². The van der Waals surface area contributed by atoms with Crippen LogP contribution < -0.4 is 9.64 Å². The van der Waals surface area contributed by atoms with Crippen LogP contribution in [0.4, 0.5) is 5.69 Å². The number of benzene rings is 2. The second kappa shape index (κ2) is 7.75. The zero-order chi connectivity index (χ0) is 18.5. The Morgan fingerprint density at radius 3 is 2.73 bits per heavy atom. The number of ether oxygens (including phenoxy) is 1. The molecule has 3 aromatic rings. The standard InChI is InChI=1S/C21H22N4O/c1-16(17-9-6-10-21(11-17)26-3)25(20-13-23-24(2)15-20)14-19-8-5-4-7-18(19)12-22/h4-11,13,15-16H,14H2,1-3H3/t16-/m0/s1. The first-order valence-corrected chi connectivity index (χ1v) is 8.49. The summed E-state index contributed by atoms with van der Waals surface area (Å²) in [6.45, 7) is 2.77. The minimum atomic E-state index is 0.0843. The van der Waals surface area contributed by atoms with Crippen LogP contribution in [0.3, 0.4) is 0 Å². The topological polar surface area (TPSA) is 54.1 Å².